The van der Waals surface area contributed by atoms with Gasteiger partial charge in [0.25, 0.3) is 6.71 Å². The van der Waals surface area contributed by atoms with Gasteiger partial charge in [0, 0.05) is 34.0 Å². The van der Waals surface area contributed by atoms with Gasteiger partial charge in [-0.25, -0.2) is 0 Å². The van der Waals surface area contributed by atoms with Crippen LogP contribution in [-0.2, 0) is 37.9 Å². The molecule has 0 amide bonds. The number of benzene rings is 6. The van der Waals surface area contributed by atoms with Gasteiger partial charge in [-0.15, -0.1) is 0 Å². The number of aryl methyl sites for hydroxylation is 2. The van der Waals surface area contributed by atoms with Crippen LogP contribution in [0.25, 0.3) is 11.1 Å². The second-order valence-corrected chi connectivity index (χ2v) is 27.2. The minimum absolute atomic E-state index is 0.00648. The lowest BCUT2D eigenvalue weighted by Gasteiger charge is -2.48. The van der Waals surface area contributed by atoms with Crippen molar-refractivity contribution in [2.45, 2.75) is 188 Å². The second kappa shape index (κ2) is 14.3. The lowest BCUT2D eigenvalue weighted by Crippen LogP contribution is -2.62. The fourth-order valence-electron chi connectivity index (χ4n) is 14.2. The Morgan fingerprint density at radius 3 is 1.35 bits per heavy atom. The summed E-state index contributed by atoms with van der Waals surface area (Å²) in [7, 11) is 0. The highest BCUT2D eigenvalue weighted by molar-refractivity contribution is 7.00. The molecule has 350 valence electrons. The summed E-state index contributed by atoms with van der Waals surface area (Å²) in [5, 5.41) is 0. The molecule has 0 fully saturated rings. The van der Waals surface area contributed by atoms with Gasteiger partial charge in [0.15, 0.2) is 0 Å². The van der Waals surface area contributed by atoms with Crippen LogP contribution in [0.1, 0.15) is 186 Å². The van der Waals surface area contributed by atoms with Crippen molar-refractivity contribution in [2.75, 3.05) is 9.80 Å². The third-order valence-corrected chi connectivity index (χ3v) is 18.3. The highest BCUT2D eigenvalue weighted by Gasteiger charge is 2.50. The maximum Gasteiger partial charge on any atom is 0.252 e. The van der Waals surface area contributed by atoms with Gasteiger partial charge in [0.05, 0.1) is 5.69 Å². The molecule has 0 aromatic heterocycles. The molecule has 2 heterocycles. The van der Waals surface area contributed by atoms with Crippen molar-refractivity contribution in [2.24, 2.45) is 0 Å². The molecule has 68 heavy (non-hydrogen) atoms. The largest absolute Gasteiger partial charge is 0.311 e. The molecule has 3 heteroatoms. The van der Waals surface area contributed by atoms with Crippen LogP contribution in [0.2, 0.25) is 0 Å². The topological polar surface area (TPSA) is 6.48 Å². The van der Waals surface area contributed by atoms with E-state index in [2.05, 4.69) is 225 Å². The normalized spacial score (nSPS) is 20.5. The fourth-order valence-corrected chi connectivity index (χ4v) is 14.2. The first-order valence-electron chi connectivity index (χ1n) is 26.1. The molecule has 0 spiro atoms. The fraction of sp³-hybridized carbons (Fsp3) is 0.446. The molecule has 6 aromatic rings. The van der Waals surface area contributed by atoms with Crippen LogP contribution in [0.15, 0.2) is 97.1 Å². The van der Waals surface area contributed by atoms with E-state index >= 15 is 0 Å². The summed E-state index contributed by atoms with van der Waals surface area (Å²) in [4.78, 5) is 5.47. The van der Waals surface area contributed by atoms with E-state index in [0.29, 0.717) is 0 Å². The molecule has 0 saturated heterocycles. The highest BCUT2D eigenvalue weighted by atomic mass is 15.2. The van der Waals surface area contributed by atoms with Gasteiger partial charge in [-0.1, -0.05) is 158 Å². The minimum atomic E-state index is -0.00648. The molecule has 0 bridgehead atoms. The maximum atomic E-state index is 2.75. The molecule has 0 radical (unpaired) electrons. The van der Waals surface area contributed by atoms with Gasteiger partial charge in [-0.3, -0.25) is 0 Å². The Morgan fingerprint density at radius 2 is 0.853 bits per heavy atom. The molecule has 2 nitrogen and oxygen atoms in total. The van der Waals surface area contributed by atoms with Gasteiger partial charge in [-0.05, 0) is 198 Å². The number of hydrogen-bond acceptors (Lipinski definition) is 2. The summed E-state index contributed by atoms with van der Waals surface area (Å²) in [6.07, 6.45) is 5.88. The SMILES string of the molecule is Cc1cc2c3c(c1)N(c1ccc(C(C)(C)C)cc1-c1ccccc1)c1cc4c(cc1B3c1cc3c(cc1N2c1cc2c(cc1C)C(C)(C)CCC2(C)C)C(C)(C)CC3(C)C)C(C)(C)CCC4(C)C. The average Bonchev–Trinajstić information content (AvgIpc) is 3.44. The van der Waals surface area contributed by atoms with E-state index in [0.717, 1.165) is 6.42 Å². The third kappa shape index (κ3) is 6.63. The van der Waals surface area contributed by atoms with Gasteiger partial charge in [-0.2, -0.15) is 0 Å². The monoisotopic (exact) mass is 897 g/mol. The van der Waals surface area contributed by atoms with Crippen LogP contribution in [-0.4, -0.2) is 6.71 Å². The number of hydrogen-bond donors (Lipinski definition) is 0. The first-order valence-corrected chi connectivity index (χ1v) is 26.1. The number of rotatable bonds is 3. The Morgan fingerprint density at radius 1 is 0.426 bits per heavy atom. The van der Waals surface area contributed by atoms with Crippen LogP contribution >= 0.6 is 0 Å². The minimum Gasteiger partial charge on any atom is -0.311 e. The van der Waals surface area contributed by atoms with E-state index < -0.39 is 0 Å². The van der Waals surface area contributed by atoms with Crippen LogP contribution in [0.3, 0.4) is 0 Å². The van der Waals surface area contributed by atoms with Gasteiger partial charge in [0.2, 0.25) is 0 Å². The molecule has 3 aliphatic carbocycles. The van der Waals surface area contributed by atoms with Gasteiger partial charge in [0.1, 0.15) is 0 Å². The molecule has 5 aliphatic rings. The smallest absolute Gasteiger partial charge is 0.252 e. The van der Waals surface area contributed by atoms with E-state index in [1.807, 2.05) is 0 Å². The molecule has 0 atom stereocenters. The zero-order valence-corrected chi connectivity index (χ0v) is 44.7. The second-order valence-electron chi connectivity index (χ2n) is 27.2. The molecular formula is C65H77BN2. The lowest BCUT2D eigenvalue weighted by atomic mass is 9.32. The van der Waals surface area contributed by atoms with E-state index in [1.165, 1.54) is 137 Å². The van der Waals surface area contributed by atoms with Crippen LogP contribution in [0.5, 0.6) is 0 Å². The summed E-state index contributed by atoms with van der Waals surface area (Å²) in [5.41, 5.74) is 28.2. The third-order valence-electron chi connectivity index (χ3n) is 18.3. The Bertz CT molecular complexity index is 3110. The molecular weight excluding hydrogens is 820 g/mol. The van der Waals surface area contributed by atoms with Crippen molar-refractivity contribution < 1.29 is 0 Å². The summed E-state index contributed by atoms with van der Waals surface area (Å²) in [6, 6.07) is 39.6. The highest BCUT2D eigenvalue weighted by Crippen LogP contribution is 2.56. The number of anilines is 6. The Hall–Kier alpha value is -5.02. The van der Waals surface area contributed by atoms with E-state index in [1.54, 1.807) is 0 Å². The summed E-state index contributed by atoms with van der Waals surface area (Å²) in [6.45, 7) is 41.7. The van der Waals surface area contributed by atoms with Gasteiger partial charge < -0.3 is 9.80 Å². The van der Waals surface area contributed by atoms with Crippen molar-refractivity contribution in [3.05, 3.63) is 147 Å². The first kappa shape index (κ1) is 45.4. The Kier molecular flexibility index (Phi) is 9.55. The summed E-state index contributed by atoms with van der Waals surface area (Å²) >= 11 is 0. The molecule has 0 N–H and O–H groups in total. The zero-order valence-electron chi connectivity index (χ0n) is 44.7. The molecule has 0 unspecified atom stereocenters. The predicted molar refractivity (Wildman–Crippen MR) is 295 cm³/mol. The van der Waals surface area contributed by atoms with Crippen molar-refractivity contribution in [1.82, 2.24) is 0 Å². The van der Waals surface area contributed by atoms with Crippen LogP contribution < -0.4 is 26.2 Å². The van der Waals surface area contributed by atoms with Crippen molar-refractivity contribution >= 4 is 57.2 Å². The number of fused-ring (bicyclic) bond motifs is 7. The standard InChI is InChI=1S/C65H77BN2/c1-39-29-56-58-57(30-39)68(53-35-47-44(31-40(53)2)60(6,7)25-27-62(47,10)11)55-37-49-46(64(14,15)38-65(49,16)17)34-51(55)66(58)50-33-45-48(63(12,13)28-26-61(45,8)9)36-54(50)67(56)52-24-23-42(59(3,4)5)32-43(52)41-21-19-18-20-22-41/h18-24,29-37H,25-28,38H2,1-17H3. The van der Waals surface area contributed by atoms with Crippen LogP contribution in [0.4, 0.5) is 34.1 Å². The number of nitrogens with zero attached hydrogens (tertiary/aromatic N) is 2. The zero-order chi connectivity index (χ0) is 48.6. The first-order chi connectivity index (χ1) is 31.6. The predicted octanol–water partition coefficient (Wildman–Crippen LogP) is 16.0. The van der Waals surface area contributed by atoms with Crippen LogP contribution in [0, 0.1) is 13.8 Å². The Labute approximate surface area is 411 Å². The van der Waals surface area contributed by atoms with Crippen molar-refractivity contribution in [3.63, 3.8) is 0 Å². The van der Waals surface area contributed by atoms with E-state index in [-0.39, 0.29) is 44.6 Å². The Balaban J connectivity index is 1.30. The van der Waals surface area contributed by atoms with Crippen molar-refractivity contribution in [1.29, 1.82) is 0 Å². The van der Waals surface area contributed by atoms with Gasteiger partial charge >= 0.3 is 0 Å². The van der Waals surface area contributed by atoms with E-state index in [4.69, 9.17) is 0 Å². The van der Waals surface area contributed by atoms with Crippen molar-refractivity contribution in [3.8, 4) is 11.1 Å². The molecule has 11 rings (SSSR count). The lowest BCUT2D eigenvalue weighted by molar-refractivity contribution is 0.332. The quantitative estimate of drug-likeness (QED) is 0.163. The molecule has 0 saturated carbocycles. The summed E-state index contributed by atoms with van der Waals surface area (Å²) < 4.78 is 0. The molecule has 6 aromatic carbocycles. The average molecular weight is 897 g/mol. The summed E-state index contributed by atoms with van der Waals surface area (Å²) in [5.74, 6) is 0. The maximum absolute atomic E-state index is 2.75. The molecule has 2 aliphatic heterocycles. The van der Waals surface area contributed by atoms with E-state index in [9.17, 15) is 0 Å².